The van der Waals surface area contributed by atoms with Gasteiger partial charge in [0, 0.05) is 25.8 Å². The van der Waals surface area contributed by atoms with Gasteiger partial charge in [-0.3, -0.25) is 4.90 Å². The molecular weight excluding hydrogens is 447 g/mol. The van der Waals surface area contributed by atoms with Crippen LogP contribution in [-0.4, -0.2) is 33.6 Å². The first kappa shape index (κ1) is 25.4. The van der Waals surface area contributed by atoms with Crippen LogP contribution in [0.25, 0.3) is 0 Å². The molecule has 0 saturated heterocycles. The highest BCUT2D eigenvalue weighted by atomic mass is 35.5. The summed E-state index contributed by atoms with van der Waals surface area (Å²) in [6.07, 6.45) is 4.56. The predicted octanol–water partition coefficient (Wildman–Crippen LogP) is 4.31. The van der Waals surface area contributed by atoms with Crippen LogP contribution in [0.2, 0.25) is 0 Å². The molecule has 0 radical (unpaired) electrons. The summed E-state index contributed by atoms with van der Waals surface area (Å²) in [5.74, 6) is -0.206. The van der Waals surface area contributed by atoms with Crippen LogP contribution in [0.5, 0.6) is 0 Å². The Morgan fingerprint density at radius 2 is 1.91 bits per heavy atom. The molecule has 0 bridgehead atoms. The fraction of sp³-hybridized carbons (Fsp3) is 0.292. The highest BCUT2D eigenvalue weighted by Gasteiger charge is 2.34. The molecule has 2 aromatic carbocycles. The largest absolute Gasteiger partial charge is 0.465 e. The first-order valence-corrected chi connectivity index (χ1v) is 10.2. The molecule has 2 heterocycles. The number of nitrogens with zero attached hydrogens (tertiary/aromatic N) is 4. The van der Waals surface area contributed by atoms with E-state index in [0.29, 0.717) is 25.3 Å². The lowest BCUT2D eigenvalue weighted by molar-refractivity contribution is -0.150. The van der Waals surface area contributed by atoms with Crippen molar-refractivity contribution >= 4 is 30.8 Å². The lowest BCUT2D eigenvalue weighted by atomic mass is 9.92. The van der Waals surface area contributed by atoms with E-state index in [4.69, 9.17) is 10.00 Å². The molecule has 0 spiro atoms. The number of esters is 1. The van der Waals surface area contributed by atoms with Gasteiger partial charge in [-0.25, -0.2) is 9.78 Å². The number of hydrogen-bond acceptors (Lipinski definition) is 5. The molecule has 4 rings (SSSR count). The SMILES string of the molecule is CCOC(=O)[C@H]1c2ccccc2CCN1Cc1cncn1Cc1ccc(C#N)cc1.Cl.Cl. The molecule has 1 aromatic heterocycles. The number of aromatic nitrogens is 2. The summed E-state index contributed by atoms with van der Waals surface area (Å²) in [4.78, 5) is 19.3. The van der Waals surface area contributed by atoms with Crippen LogP contribution in [0, 0.1) is 11.3 Å². The summed E-state index contributed by atoms with van der Waals surface area (Å²) in [7, 11) is 0. The van der Waals surface area contributed by atoms with Crippen molar-refractivity contribution < 1.29 is 9.53 Å². The van der Waals surface area contributed by atoms with Crippen LogP contribution in [0.1, 0.15) is 40.9 Å². The fourth-order valence-corrected chi connectivity index (χ4v) is 4.00. The van der Waals surface area contributed by atoms with Crippen molar-refractivity contribution in [1.29, 1.82) is 5.26 Å². The molecule has 1 atom stereocenters. The smallest absolute Gasteiger partial charge is 0.328 e. The molecule has 3 aromatic rings. The second kappa shape index (κ2) is 11.7. The average molecular weight is 473 g/mol. The highest BCUT2D eigenvalue weighted by Crippen LogP contribution is 2.32. The van der Waals surface area contributed by atoms with Gasteiger partial charge in [0.2, 0.25) is 0 Å². The Hall–Kier alpha value is -2.85. The van der Waals surface area contributed by atoms with E-state index in [1.165, 1.54) is 5.56 Å². The van der Waals surface area contributed by atoms with Gasteiger partial charge in [-0.15, -0.1) is 24.8 Å². The summed E-state index contributed by atoms with van der Waals surface area (Å²) in [6, 6.07) is 17.4. The van der Waals surface area contributed by atoms with Gasteiger partial charge in [0.25, 0.3) is 0 Å². The Bertz CT molecular complexity index is 1080. The quantitative estimate of drug-likeness (QED) is 0.499. The molecule has 8 heteroatoms. The van der Waals surface area contributed by atoms with Gasteiger partial charge >= 0.3 is 5.97 Å². The van der Waals surface area contributed by atoms with E-state index in [1.807, 2.05) is 61.9 Å². The number of carbonyl (C=O) groups is 1. The molecule has 0 N–H and O–H groups in total. The Labute approximate surface area is 200 Å². The number of nitriles is 1. The summed E-state index contributed by atoms with van der Waals surface area (Å²) in [6.45, 7) is 4.25. The normalized spacial score (nSPS) is 14.9. The van der Waals surface area contributed by atoms with Crippen LogP contribution in [0.15, 0.2) is 61.1 Å². The molecule has 0 amide bonds. The summed E-state index contributed by atoms with van der Waals surface area (Å²) >= 11 is 0. The standard InChI is InChI=1S/C24H24N4O2.2ClH/c1-2-30-24(29)23-22-6-4-3-5-20(22)11-12-27(23)16-21-14-26-17-28(21)15-19-9-7-18(13-25)8-10-19;;/h3-10,14,17,23H,2,11-12,15-16H2,1H3;2*1H/t23-;;/m1../s1. The van der Waals surface area contributed by atoms with Crippen molar-refractivity contribution in [3.05, 3.63) is 89.0 Å². The molecule has 168 valence electrons. The van der Waals surface area contributed by atoms with Crippen LogP contribution in [-0.2, 0) is 29.0 Å². The Kier molecular flexibility index (Phi) is 9.27. The third kappa shape index (κ3) is 5.49. The van der Waals surface area contributed by atoms with E-state index in [9.17, 15) is 4.79 Å². The minimum Gasteiger partial charge on any atom is -0.465 e. The summed E-state index contributed by atoms with van der Waals surface area (Å²) in [5, 5.41) is 8.98. The van der Waals surface area contributed by atoms with Crippen molar-refractivity contribution in [2.45, 2.75) is 32.5 Å². The number of rotatable bonds is 6. The van der Waals surface area contributed by atoms with Crippen LogP contribution in [0.3, 0.4) is 0 Å². The van der Waals surface area contributed by atoms with E-state index >= 15 is 0 Å². The van der Waals surface area contributed by atoms with Crippen LogP contribution < -0.4 is 0 Å². The molecule has 6 nitrogen and oxygen atoms in total. The summed E-state index contributed by atoms with van der Waals surface area (Å²) in [5.41, 5.74) is 5.01. The van der Waals surface area contributed by atoms with Crippen molar-refractivity contribution in [1.82, 2.24) is 14.5 Å². The van der Waals surface area contributed by atoms with Crippen LogP contribution >= 0.6 is 24.8 Å². The van der Waals surface area contributed by atoms with E-state index in [-0.39, 0.29) is 30.8 Å². The Morgan fingerprint density at radius 3 is 2.62 bits per heavy atom. The Morgan fingerprint density at radius 1 is 1.16 bits per heavy atom. The van der Waals surface area contributed by atoms with E-state index in [2.05, 4.69) is 26.6 Å². The maximum absolute atomic E-state index is 12.8. The zero-order chi connectivity index (χ0) is 20.9. The molecule has 32 heavy (non-hydrogen) atoms. The molecular formula is C24H26Cl2N4O2. The molecule has 0 fully saturated rings. The average Bonchev–Trinajstić information content (AvgIpc) is 3.20. The predicted molar refractivity (Wildman–Crippen MR) is 127 cm³/mol. The zero-order valence-electron chi connectivity index (χ0n) is 17.8. The van der Waals surface area contributed by atoms with Gasteiger partial charge in [0.05, 0.1) is 30.3 Å². The van der Waals surface area contributed by atoms with Gasteiger partial charge in [0.1, 0.15) is 6.04 Å². The van der Waals surface area contributed by atoms with Gasteiger partial charge in [-0.1, -0.05) is 36.4 Å². The molecule has 1 aliphatic heterocycles. The number of fused-ring (bicyclic) bond motifs is 1. The molecule has 1 aliphatic rings. The number of halogens is 2. The van der Waals surface area contributed by atoms with E-state index in [0.717, 1.165) is 29.8 Å². The number of carbonyl (C=O) groups excluding carboxylic acids is 1. The first-order chi connectivity index (χ1) is 14.7. The molecule has 0 saturated carbocycles. The maximum atomic E-state index is 12.8. The van der Waals surface area contributed by atoms with Gasteiger partial charge in [0.15, 0.2) is 0 Å². The van der Waals surface area contributed by atoms with Crippen molar-refractivity contribution in [2.75, 3.05) is 13.2 Å². The van der Waals surface area contributed by atoms with Crippen molar-refractivity contribution in [3.63, 3.8) is 0 Å². The second-order valence-electron chi connectivity index (χ2n) is 7.40. The zero-order valence-corrected chi connectivity index (χ0v) is 19.4. The fourth-order valence-electron chi connectivity index (χ4n) is 4.00. The van der Waals surface area contributed by atoms with Gasteiger partial charge < -0.3 is 9.30 Å². The topological polar surface area (TPSA) is 71.2 Å². The number of imidazole rings is 1. The number of hydrogen-bond donors (Lipinski definition) is 0. The highest BCUT2D eigenvalue weighted by molar-refractivity contribution is 5.85. The lowest BCUT2D eigenvalue weighted by Crippen LogP contribution is -2.40. The van der Waals surface area contributed by atoms with Crippen molar-refractivity contribution in [2.24, 2.45) is 0 Å². The third-order valence-corrected chi connectivity index (χ3v) is 5.49. The summed E-state index contributed by atoms with van der Waals surface area (Å²) < 4.78 is 7.49. The van der Waals surface area contributed by atoms with Gasteiger partial charge in [-0.2, -0.15) is 5.26 Å². The maximum Gasteiger partial charge on any atom is 0.328 e. The van der Waals surface area contributed by atoms with Crippen LogP contribution in [0.4, 0.5) is 0 Å². The minimum atomic E-state index is -0.409. The number of benzene rings is 2. The lowest BCUT2D eigenvalue weighted by Gasteiger charge is -2.35. The van der Waals surface area contributed by atoms with E-state index in [1.54, 1.807) is 0 Å². The van der Waals surface area contributed by atoms with Crippen molar-refractivity contribution in [3.8, 4) is 6.07 Å². The number of ether oxygens (including phenoxy) is 1. The monoisotopic (exact) mass is 472 g/mol. The van der Waals surface area contributed by atoms with Gasteiger partial charge in [-0.05, 0) is 42.2 Å². The first-order valence-electron chi connectivity index (χ1n) is 10.2. The Balaban J connectivity index is 0.00000181. The minimum absolute atomic E-state index is 0. The molecule has 0 unspecified atom stereocenters. The molecule has 0 aliphatic carbocycles. The second-order valence-corrected chi connectivity index (χ2v) is 7.40. The third-order valence-electron chi connectivity index (χ3n) is 5.49. The van der Waals surface area contributed by atoms with E-state index < -0.39 is 6.04 Å².